The molecule has 1 aliphatic carbocycles. The predicted octanol–water partition coefficient (Wildman–Crippen LogP) is 1.78. The molecule has 0 radical (unpaired) electrons. The molecule has 1 saturated heterocycles. The van der Waals surface area contributed by atoms with Crippen molar-refractivity contribution in [2.24, 2.45) is 5.92 Å². The van der Waals surface area contributed by atoms with Crippen molar-refractivity contribution in [2.75, 3.05) is 13.1 Å². The summed E-state index contributed by atoms with van der Waals surface area (Å²) in [6.45, 7) is 0.720. The number of amides is 1. The van der Waals surface area contributed by atoms with Gasteiger partial charge in [-0.3, -0.25) is 9.59 Å². The van der Waals surface area contributed by atoms with E-state index in [1.165, 1.54) is 16.9 Å². The summed E-state index contributed by atoms with van der Waals surface area (Å²) < 4.78 is 0. The third kappa shape index (κ3) is 1.82. The Labute approximate surface area is 109 Å². The minimum atomic E-state index is -0.800. The van der Waals surface area contributed by atoms with E-state index in [-0.39, 0.29) is 11.8 Å². The van der Waals surface area contributed by atoms with Crippen molar-refractivity contribution in [1.82, 2.24) is 4.90 Å². The number of carbonyl (C=O) groups excluding carboxylic acids is 1. The van der Waals surface area contributed by atoms with Gasteiger partial charge < -0.3 is 10.0 Å². The molecule has 2 heterocycles. The van der Waals surface area contributed by atoms with Gasteiger partial charge in [-0.05, 0) is 31.2 Å². The van der Waals surface area contributed by atoms with Crippen molar-refractivity contribution in [3.8, 4) is 0 Å². The van der Waals surface area contributed by atoms with E-state index in [0.717, 1.165) is 24.8 Å². The van der Waals surface area contributed by atoms with Crippen LogP contribution in [0.1, 0.15) is 33.6 Å². The van der Waals surface area contributed by atoms with Crippen LogP contribution in [0.5, 0.6) is 0 Å². The fraction of sp³-hybridized carbons (Fsp3) is 0.538. The highest BCUT2D eigenvalue weighted by molar-refractivity contribution is 7.10. The molecule has 1 aliphatic heterocycles. The fourth-order valence-corrected chi connectivity index (χ4v) is 3.76. The highest BCUT2D eigenvalue weighted by atomic mass is 32.1. The molecule has 1 amide bonds. The number of fused-ring (bicyclic) bond motifs is 1. The van der Waals surface area contributed by atoms with E-state index in [9.17, 15) is 9.59 Å². The van der Waals surface area contributed by atoms with E-state index >= 15 is 0 Å². The summed E-state index contributed by atoms with van der Waals surface area (Å²) >= 11 is 1.68. The van der Waals surface area contributed by atoms with Gasteiger partial charge in [-0.25, -0.2) is 0 Å². The number of hydrogen-bond acceptors (Lipinski definition) is 3. The summed E-state index contributed by atoms with van der Waals surface area (Å²) in [5.74, 6) is -1.15. The molecular weight excluding hydrogens is 250 g/mol. The maximum Gasteiger partial charge on any atom is 0.310 e. The first kappa shape index (κ1) is 11.7. The molecule has 0 unspecified atom stereocenters. The lowest BCUT2D eigenvalue weighted by atomic mass is 9.93. The highest BCUT2D eigenvalue weighted by Gasteiger charge is 2.37. The number of likely N-dealkylation sites (tertiary alicyclic amines) is 1. The topological polar surface area (TPSA) is 57.6 Å². The number of carboxylic acids is 1. The molecule has 3 rings (SSSR count). The van der Waals surface area contributed by atoms with E-state index in [2.05, 4.69) is 0 Å². The van der Waals surface area contributed by atoms with E-state index in [0.29, 0.717) is 13.1 Å². The molecule has 0 spiro atoms. The number of carboxylic acid groups (broad SMARTS) is 1. The second-order valence-corrected chi connectivity index (χ2v) is 5.97. The molecule has 1 N–H and O–H groups in total. The molecule has 1 aromatic rings. The average Bonchev–Trinajstić information content (AvgIpc) is 2.69. The SMILES string of the molecule is O=C(O)C1CN(C(=O)c2csc3c2CCCC3)C1. The second kappa shape index (κ2) is 4.39. The number of rotatable bonds is 2. The maximum absolute atomic E-state index is 12.3. The molecule has 2 aliphatic rings. The van der Waals surface area contributed by atoms with Crippen molar-refractivity contribution >= 4 is 23.2 Å². The number of nitrogens with zero attached hydrogens (tertiary/aromatic N) is 1. The molecule has 96 valence electrons. The third-order valence-electron chi connectivity index (χ3n) is 3.81. The molecule has 1 fully saturated rings. The molecule has 18 heavy (non-hydrogen) atoms. The first-order valence-corrected chi connectivity index (χ1v) is 7.16. The second-order valence-electron chi connectivity index (χ2n) is 5.00. The van der Waals surface area contributed by atoms with Gasteiger partial charge in [0.1, 0.15) is 0 Å². The fourth-order valence-electron chi connectivity index (χ4n) is 2.64. The Bertz CT molecular complexity index is 502. The largest absolute Gasteiger partial charge is 0.481 e. The van der Waals surface area contributed by atoms with Crippen molar-refractivity contribution in [2.45, 2.75) is 25.7 Å². The Morgan fingerprint density at radius 1 is 1.28 bits per heavy atom. The molecule has 0 saturated carbocycles. The standard InChI is InChI=1S/C13H15NO3S/c15-12(14-5-8(6-14)13(16)17)10-7-18-11-4-2-1-3-9(10)11/h7-8H,1-6H2,(H,16,17). The van der Waals surface area contributed by atoms with Crippen LogP contribution in [0.4, 0.5) is 0 Å². The summed E-state index contributed by atoms with van der Waals surface area (Å²) in [7, 11) is 0. The summed E-state index contributed by atoms with van der Waals surface area (Å²) in [6, 6.07) is 0. The zero-order chi connectivity index (χ0) is 12.7. The molecular formula is C13H15NO3S. The van der Waals surface area contributed by atoms with Crippen LogP contribution in [0.15, 0.2) is 5.38 Å². The van der Waals surface area contributed by atoms with Crippen LogP contribution < -0.4 is 0 Å². The monoisotopic (exact) mass is 265 g/mol. The Morgan fingerprint density at radius 3 is 2.72 bits per heavy atom. The highest BCUT2D eigenvalue weighted by Crippen LogP contribution is 2.32. The Morgan fingerprint density at radius 2 is 2.00 bits per heavy atom. The maximum atomic E-state index is 12.3. The minimum Gasteiger partial charge on any atom is -0.481 e. The van der Waals surface area contributed by atoms with Gasteiger partial charge in [0.15, 0.2) is 0 Å². The van der Waals surface area contributed by atoms with E-state index in [1.54, 1.807) is 16.2 Å². The van der Waals surface area contributed by atoms with Crippen LogP contribution in [0.25, 0.3) is 0 Å². The van der Waals surface area contributed by atoms with Crippen molar-refractivity contribution in [3.63, 3.8) is 0 Å². The Hall–Kier alpha value is -1.36. The Kier molecular flexibility index (Phi) is 2.86. The van der Waals surface area contributed by atoms with Gasteiger partial charge >= 0.3 is 5.97 Å². The van der Waals surface area contributed by atoms with Crippen molar-refractivity contribution < 1.29 is 14.7 Å². The predicted molar refractivity (Wildman–Crippen MR) is 68.0 cm³/mol. The zero-order valence-electron chi connectivity index (χ0n) is 10.0. The van der Waals surface area contributed by atoms with Crippen LogP contribution in [0.2, 0.25) is 0 Å². The number of hydrogen-bond donors (Lipinski definition) is 1. The summed E-state index contributed by atoms with van der Waals surface area (Å²) in [6.07, 6.45) is 4.45. The van der Waals surface area contributed by atoms with Crippen LogP contribution in [0.3, 0.4) is 0 Å². The van der Waals surface area contributed by atoms with Crippen LogP contribution in [0, 0.1) is 5.92 Å². The molecule has 0 atom stereocenters. The number of aliphatic carboxylic acids is 1. The number of thiophene rings is 1. The van der Waals surface area contributed by atoms with Gasteiger partial charge in [-0.1, -0.05) is 0 Å². The molecule has 4 nitrogen and oxygen atoms in total. The lowest BCUT2D eigenvalue weighted by Crippen LogP contribution is -2.53. The van der Waals surface area contributed by atoms with Gasteiger partial charge in [0.2, 0.25) is 0 Å². The normalized spacial score (nSPS) is 19.2. The smallest absolute Gasteiger partial charge is 0.310 e. The summed E-state index contributed by atoms with van der Waals surface area (Å²) in [5, 5.41) is 10.8. The lowest BCUT2D eigenvalue weighted by Gasteiger charge is -2.36. The molecule has 1 aromatic heterocycles. The zero-order valence-corrected chi connectivity index (χ0v) is 10.8. The quantitative estimate of drug-likeness (QED) is 0.886. The van der Waals surface area contributed by atoms with Crippen LogP contribution in [-0.2, 0) is 17.6 Å². The number of carbonyl (C=O) groups is 2. The number of aryl methyl sites for hydroxylation is 1. The van der Waals surface area contributed by atoms with Crippen molar-refractivity contribution in [3.05, 3.63) is 21.4 Å². The van der Waals surface area contributed by atoms with Gasteiger partial charge in [0.25, 0.3) is 5.91 Å². The minimum absolute atomic E-state index is 0.0203. The van der Waals surface area contributed by atoms with Gasteiger partial charge in [0, 0.05) is 23.3 Å². The van der Waals surface area contributed by atoms with Gasteiger partial charge in [-0.2, -0.15) is 0 Å². The van der Waals surface area contributed by atoms with Gasteiger partial charge in [-0.15, -0.1) is 11.3 Å². The molecule has 0 aromatic carbocycles. The third-order valence-corrected chi connectivity index (χ3v) is 4.90. The lowest BCUT2D eigenvalue weighted by molar-refractivity contribution is -0.146. The Balaban J connectivity index is 1.74. The van der Waals surface area contributed by atoms with E-state index in [1.807, 2.05) is 5.38 Å². The van der Waals surface area contributed by atoms with Crippen LogP contribution in [-0.4, -0.2) is 35.0 Å². The summed E-state index contributed by atoms with van der Waals surface area (Å²) in [4.78, 5) is 26.0. The molecule has 0 bridgehead atoms. The van der Waals surface area contributed by atoms with E-state index < -0.39 is 5.97 Å². The van der Waals surface area contributed by atoms with Gasteiger partial charge in [0.05, 0.1) is 11.5 Å². The first-order valence-electron chi connectivity index (χ1n) is 6.28. The van der Waals surface area contributed by atoms with Crippen molar-refractivity contribution in [1.29, 1.82) is 0 Å². The first-order chi connectivity index (χ1) is 8.66. The average molecular weight is 265 g/mol. The molecule has 5 heteroatoms. The van der Waals surface area contributed by atoms with E-state index in [4.69, 9.17) is 5.11 Å². The summed E-state index contributed by atoms with van der Waals surface area (Å²) in [5.41, 5.74) is 2.04. The van der Waals surface area contributed by atoms with Crippen LogP contribution >= 0.6 is 11.3 Å².